The first-order valence-corrected chi connectivity index (χ1v) is 6.38. The van der Waals surface area contributed by atoms with Gasteiger partial charge in [-0.1, -0.05) is 24.4 Å². The Balaban J connectivity index is 2.19. The van der Waals surface area contributed by atoms with E-state index in [4.69, 9.17) is 10.9 Å². The lowest BCUT2D eigenvalue weighted by atomic mass is 9.80. The number of nitrogens with one attached hydrogen (secondary N) is 1. The summed E-state index contributed by atoms with van der Waals surface area (Å²) in [5.74, 6) is -0.148. The molecule has 1 saturated carbocycles. The molecule has 0 unspecified atom stereocenters. The minimum absolute atomic E-state index is 0.0783. The third-order valence-electron chi connectivity index (χ3n) is 3.60. The van der Waals surface area contributed by atoms with Gasteiger partial charge in [-0.05, 0) is 25.0 Å². The predicted octanol–water partition coefficient (Wildman–Crippen LogP) is 1.26. The number of oxime groups is 1. The number of rotatable bonds is 3. The number of hydrogen-bond acceptors (Lipinski definition) is 4. The number of pyridine rings is 1. The minimum atomic E-state index is -0.729. The maximum absolute atomic E-state index is 12.2. The summed E-state index contributed by atoms with van der Waals surface area (Å²) in [6.07, 6.45) is 7.52. The van der Waals surface area contributed by atoms with Crippen molar-refractivity contribution in [1.82, 2.24) is 10.3 Å². The van der Waals surface area contributed by atoms with E-state index in [0.717, 1.165) is 19.3 Å². The van der Waals surface area contributed by atoms with Gasteiger partial charge in [-0.15, -0.1) is 0 Å². The van der Waals surface area contributed by atoms with E-state index in [1.807, 2.05) is 0 Å². The van der Waals surface area contributed by atoms with Crippen LogP contribution in [0.1, 0.15) is 42.5 Å². The van der Waals surface area contributed by atoms with Crippen LogP contribution in [0.2, 0.25) is 0 Å². The number of nitrogens with zero attached hydrogens (tertiary/aromatic N) is 2. The van der Waals surface area contributed by atoms with Crippen molar-refractivity contribution in [3.63, 3.8) is 0 Å². The maximum Gasteiger partial charge on any atom is 0.252 e. The summed E-state index contributed by atoms with van der Waals surface area (Å²) in [7, 11) is 0. The van der Waals surface area contributed by atoms with Crippen molar-refractivity contribution in [2.24, 2.45) is 10.9 Å². The predicted molar refractivity (Wildman–Crippen MR) is 70.9 cm³/mol. The Bertz CT molecular complexity index is 467. The van der Waals surface area contributed by atoms with E-state index in [1.165, 1.54) is 0 Å². The van der Waals surface area contributed by atoms with Crippen LogP contribution in [-0.4, -0.2) is 27.5 Å². The molecule has 1 aromatic heterocycles. The van der Waals surface area contributed by atoms with E-state index in [0.29, 0.717) is 18.4 Å². The molecule has 1 aromatic rings. The van der Waals surface area contributed by atoms with Gasteiger partial charge in [0.05, 0.1) is 0 Å². The molecule has 1 aliphatic rings. The van der Waals surface area contributed by atoms with Crippen LogP contribution in [0, 0.1) is 0 Å². The van der Waals surface area contributed by atoms with Gasteiger partial charge in [0, 0.05) is 18.0 Å². The zero-order chi connectivity index (χ0) is 13.7. The molecule has 6 heteroatoms. The maximum atomic E-state index is 12.2. The SMILES string of the molecule is N/C(=N/O)C1(NC(=O)c2ccncc2)CCCCC1. The molecule has 1 heterocycles. The van der Waals surface area contributed by atoms with Crippen LogP contribution in [0.15, 0.2) is 29.7 Å². The van der Waals surface area contributed by atoms with Crippen LogP contribution in [-0.2, 0) is 0 Å². The third-order valence-corrected chi connectivity index (χ3v) is 3.60. The molecule has 0 bridgehead atoms. The fourth-order valence-corrected chi connectivity index (χ4v) is 2.49. The fraction of sp³-hybridized carbons (Fsp3) is 0.462. The van der Waals surface area contributed by atoms with E-state index in [9.17, 15) is 4.79 Å². The van der Waals surface area contributed by atoms with E-state index in [-0.39, 0.29) is 11.7 Å². The first kappa shape index (κ1) is 13.3. The highest BCUT2D eigenvalue weighted by molar-refractivity contribution is 6.00. The highest BCUT2D eigenvalue weighted by Gasteiger charge is 2.38. The monoisotopic (exact) mass is 262 g/mol. The Morgan fingerprint density at radius 3 is 2.53 bits per heavy atom. The van der Waals surface area contributed by atoms with Gasteiger partial charge < -0.3 is 16.3 Å². The first-order valence-electron chi connectivity index (χ1n) is 6.38. The lowest BCUT2D eigenvalue weighted by Crippen LogP contribution is -2.58. The van der Waals surface area contributed by atoms with Crippen molar-refractivity contribution in [1.29, 1.82) is 0 Å². The van der Waals surface area contributed by atoms with Gasteiger partial charge in [0.2, 0.25) is 0 Å². The molecule has 2 rings (SSSR count). The fourth-order valence-electron chi connectivity index (χ4n) is 2.49. The summed E-state index contributed by atoms with van der Waals surface area (Å²) < 4.78 is 0. The molecule has 0 aromatic carbocycles. The molecule has 0 atom stereocenters. The number of hydrogen-bond donors (Lipinski definition) is 3. The Morgan fingerprint density at radius 1 is 1.32 bits per heavy atom. The van der Waals surface area contributed by atoms with Gasteiger partial charge in [-0.25, -0.2) is 0 Å². The van der Waals surface area contributed by atoms with Crippen LogP contribution in [0.3, 0.4) is 0 Å². The Labute approximate surface area is 111 Å². The number of amides is 1. The molecule has 0 saturated heterocycles. The summed E-state index contributed by atoms with van der Waals surface area (Å²) in [5.41, 5.74) is 5.57. The van der Waals surface area contributed by atoms with Crippen LogP contribution in [0.25, 0.3) is 0 Å². The lowest BCUT2D eigenvalue weighted by Gasteiger charge is -2.36. The number of carbonyl (C=O) groups is 1. The van der Waals surface area contributed by atoms with Gasteiger partial charge in [-0.3, -0.25) is 9.78 Å². The number of carbonyl (C=O) groups excluding carboxylic acids is 1. The van der Waals surface area contributed by atoms with E-state index < -0.39 is 5.54 Å². The van der Waals surface area contributed by atoms with Gasteiger partial charge >= 0.3 is 0 Å². The van der Waals surface area contributed by atoms with Crippen LogP contribution >= 0.6 is 0 Å². The van der Waals surface area contributed by atoms with Crippen LogP contribution < -0.4 is 11.1 Å². The topological polar surface area (TPSA) is 101 Å². The molecule has 1 aliphatic carbocycles. The summed E-state index contributed by atoms with van der Waals surface area (Å²) in [6, 6.07) is 3.27. The molecule has 0 aliphatic heterocycles. The summed E-state index contributed by atoms with van der Waals surface area (Å²) in [5, 5.41) is 15.0. The largest absolute Gasteiger partial charge is 0.409 e. The second kappa shape index (κ2) is 5.69. The molecule has 1 amide bonds. The Hall–Kier alpha value is -2.11. The second-order valence-corrected chi connectivity index (χ2v) is 4.82. The van der Waals surface area contributed by atoms with Gasteiger partial charge in [-0.2, -0.15) is 0 Å². The van der Waals surface area contributed by atoms with Gasteiger partial charge in [0.25, 0.3) is 5.91 Å². The van der Waals surface area contributed by atoms with Gasteiger partial charge in [0.15, 0.2) is 5.84 Å². The normalized spacial score (nSPS) is 18.8. The average molecular weight is 262 g/mol. The molecule has 0 spiro atoms. The van der Waals surface area contributed by atoms with Gasteiger partial charge in [0.1, 0.15) is 5.54 Å². The number of amidine groups is 1. The third kappa shape index (κ3) is 2.83. The average Bonchev–Trinajstić information content (AvgIpc) is 2.48. The highest BCUT2D eigenvalue weighted by Crippen LogP contribution is 2.28. The van der Waals surface area contributed by atoms with E-state index in [1.54, 1.807) is 24.5 Å². The molecule has 1 fully saturated rings. The summed E-state index contributed by atoms with van der Waals surface area (Å²) >= 11 is 0. The van der Waals surface area contributed by atoms with E-state index in [2.05, 4.69) is 15.5 Å². The summed E-state index contributed by atoms with van der Waals surface area (Å²) in [4.78, 5) is 16.1. The van der Waals surface area contributed by atoms with Crippen LogP contribution in [0.4, 0.5) is 0 Å². The lowest BCUT2D eigenvalue weighted by molar-refractivity contribution is 0.0905. The smallest absolute Gasteiger partial charge is 0.252 e. The zero-order valence-electron chi connectivity index (χ0n) is 10.7. The second-order valence-electron chi connectivity index (χ2n) is 4.82. The standard InChI is InChI=1S/C13H18N4O2/c14-12(17-19)13(6-2-1-3-7-13)16-11(18)10-4-8-15-9-5-10/h4-5,8-9,19H,1-3,6-7H2,(H2,14,17)(H,16,18). The first-order chi connectivity index (χ1) is 9.18. The molecular formula is C13H18N4O2. The van der Waals surface area contributed by atoms with Crippen molar-refractivity contribution in [2.75, 3.05) is 0 Å². The molecule has 4 N–H and O–H groups in total. The summed E-state index contributed by atoms with van der Waals surface area (Å²) in [6.45, 7) is 0. The number of nitrogens with two attached hydrogens (primary N) is 1. The highest BCUT2D eigenvalue weighted by atomic mass is 16.4. The van der Waals surface area contributed by atoms with Crippen molar-refractivity contribution in [2.45, 2.75) is 37.6 Å². The minimum Gasteiger partial charge on any atom is -0.409 e. The Morgan fingerprint density at radius 2 is 1.95 bits per heavy atom. The molecule has 19 heavy (non-hydrogen) atoms. The Kier molecular flexibility index (Phi) is 3.99. The molecule has 6 nitrogen and oxygen atoms in total. The van der Waals surface area contributed by atoms with E-state index >= 15 is 0 Å². The molecular weight excluding hydrogens is 244 g/mol. The van der Waals surface area contributed by atoms with Crippen molar-refractivity contribution in [3.8, 4) is 0 Å². The van der Waals surface area contributed by atoms with Crippen molar-refractivity contribution in [3.05, 3.63) is 30.1 Å². The zero-order valence-corrected chi connectivity index (χ0v) is 10.7. The van der Waals surface area contributed by atoms with Crippen molar-refractivity contribution >= 4 is 11.7 Å². The molecule has 0 radical (unpaired) electrons. The quantitative estimate of drug-likeness (QED) is 0.330. The van der Waals surface area contributed by atoms with Crippen molar-refractivity contribution < 1.29 is 10.0 Å². The number of aromatic nitrogens is 1. The molecule has 102 valence electrons. The van der Waals surface area contributed by atoms with Crippen LogP contribution in [0.5, 0.6) is 0 Å².